The van der Waals surface area contributed by atoms with Crippen LogP contribution in [-0.4, -0.2) is 55.9 Å². The van der Waals surface area contributed by atoms with Gasteiger partial charge in [-0.1, -0.05) is 18.2 Å². The maximum atomic E-state index is 14.9. The van der Waals surface area contributed by atoms with Crippen LogP contribution in [0.2, 0.25) is 0 Å². The lowest BCUT2D eigenvalue weighted by Crippen LogP contribution is -2.40. The topological polar surface area (TPSA) is 143 Å². The molecule has 1 aromatic heterocycles. The zero-order chi connectivity index (χ0) is 27.8. The summed E-state index contributed by atoms with van der Waals surface area (Å²) in [6, 6.07) is 11.6. The minimum Gasteiger partial charge on any atom is -0.369 e. The van der Waals surface area contributed by atoms with Gasteiger partial charge < -0.3 is 20.4 Å². The molecule has 2 heterocycles. The molecule has 11 nitrogen and oxygen atoms in total. The number of carbonyl (C=O) groups excluding carboxylic acids is 2. The van der Waals surface area contributed by atoms with Crippen molar-refractivity contribution in [2.45, 2.75) is 30.2 Å². The van der Waals surface area contributed by atoms with Gasteiger partial charge in [-0.25, -0.2) is 27.2 Å². The molecule has 2 aromatic carbocycles. The first kappa shape index (κ1) is 27.9. The second-order valence-electron chi connectivity index (χ2n) is 8.62. The van der Waals surface area contributed by atoms with E-state index in [2.05, 4.69) is 25.4 Å². The number of aromatic nitrogens is 2. The van der Waals surface area contributed by atoms with Crippen molar-refractivity contribution >= 4 is 33.5 Å². The highest BCUT2D eigenvalue weighted by molar-refractivity contribution is 7.89. The monoisotopic (exact) mass is 560 g/mol. The van der Waals surface area contributed by atoms with Gasteiger partial charge >= 0.3 is 5.97 Å². The molecule has 1 amide bonds. The molecule has 0 bridgehead atoms. The lowest BCUT2D eigenvalue weighted by molar-refractivity contribution is -0.146. The molecular formula is C25H26F2N6O5S. The van der Waals surface area contributed by atoms with E-state index in [1.807, 2.05) is 0 Å². The molecule has 1 saturated heterocycles. The van der Waals surface area contributed by atoms with Gasteiger partial charge in [0.2, 0.25) is 5.95 Å². The van der Waals surface area contributed by atoms with Crippen LogP contribution in [0.1, 0.15) is 29.6 Å². The molecule has 0 unspecified atom stereocenters. The summed E-state index contributed by atoms with van der Waals surface area (Å²) in [5, 5.41) is 5.51. The van der Waals surface area contributed by atoms with Crippen LogP contribution in [0.25, 0.3) is 0 Å². The Balaban J connectivity index is 1.25. The Morgan fingerprint density at radius 1 is 0.974 bits per heavy atom. The van der Waals surface area contributed by atoms with E-state index in [9.17, 15) is 26.8 Å². The zero-order valence-electron chi connectivity index (χ0n) is 20.6. The zero-order valence-corrected chi connectivity index (χ0v) is 21.5. The minimum atomic E-state index is -4.07. The van der Waals surface area contributed by atoms with Crippen LogP contribution in [0.3, 0.4) is 0 Å². The molecular weight excluding hydrogens is 534 g/mol. The summed E-state index contributed by atoms with van der Waals surface area (Å²) in [4.78, 5) is 40.3. The molecule has 0 saturated carbocycles. The SMILES string of the molecule is O=C(CCNC(=O)c1ccc(N2CCC(Nc3ncccn3)CC2)c(F)c1F)ONS(=O)(=O)c1ccccc1. The lowest BCUT2D eigenvalue weighted by Gasteiger charge is -2.34. The first-order chi connectivity index (χ1) is 18.7. The summed E-state index contributed by atoms with van der Waals surface area (Å²) in [6.07, 6.45) is 4.15. The Morgan fingerprint density at radius 3 is 2.36 bits per heavy atom. The van der Waals surface area contributed by atoms with Gasteiger partial charge in [-0.15, -0.1) is 0 Å². The van der Waals surface area contributed by atoms with Gasteiger partial charge in [0.05, 0.1) is 22.6 Å². The van der Waals surface area contributed by atoms with E-state index in [0.29, 0.717) is 31.9 Å². The van der Waals surface area contributed by atoms with E-state index in [-0.39, 0.29) is 23.2 Å². The Hall–Kier alpha value is -4.17. The summed E-state index contributed by atoms with van der Waals surface area (Å²) < 4.78 is 53.8. The maximum absolute atomic E-state index is 14.9. The average molecular weight is 561 g/mol. The van der Waals surface area contributed by atoms with Gasteiger partial charge in [0.25, 0.3) is 15.9 Å². The number of halogens is 2. The van der Waals surface area contributed by atoms with Gasteiger partial charge in [-0.05, 0) is 48.1 Å². The molecule has 1 fully saturated rings. The van der Waals surface area contributed by atoms with E-state index in [1.165, 1.54) is 36.4 Å². The number of anilines is 2. The van der Waals surface area contributed by atoms with Crippen molar-refractivity contribution in [3.63, 3.8) is 0 Å². The van der Waals surface area contributed by atoms with Gasteiger partial charge in [0.15, 0.2) is 11.6 Å². The summed E-state index contributed by atoms with van der Waals surface area (Å²) in [7, 11) is -4.07. The standard InChI is InChI=1S/C25H26F2N6O5S/c26-22-19(24(35)28-14-9-21(34)38-32-39(36,37)18-5-2-1-3-6-18)7-8-20(23(22)27)33-15-10-17(11-16-33)31-25-29-12-4-13-30-25/h1-8,12-13,17,32H,9-11,14-16H2,(H,28,35)(H,29,30,31). The van der Waals surface area contributed by atoms with Crippen molar-refractivity contribution in [2.24, 2.45) is 0 Å². The van der Waals surface area contributed by atoms with Crippen molar-refractivity contribution in [1.82, 2.24) is 20.2 Å². The quantitative estimate of drug-likeness (QED) is 0.319. The molecule has 0 spiro atoms. The van der Waals surface area contributed by atoms with Crippen LogP contribution >= 0.6 is 0 Å². The first-order valence-electron chi connectivity index (χ1n) is 12.1. The Kier molecular flexibility index (Phi) is 8.99. The Bertz CT molecular complexity index is 1410. The predicted molar refractivity (Wildman–Crippen MR) is 137 cm³/mol. The largest absolute Gasteiger partial charge is 0.369 e. The highest BCUT2D eigenvalue weighted by Crippen LogP contribution is 2.27. The minimum absolute atomic E-state index is 0.0488. The summed E-state index contributed by atoms with van der Waals surface area (Å²) >= 11 is 0. The van der Waals surface area contributed by atoms with Crippen LogP contribution in [0.15, 0.2) is 65.8 Å². The lowest BCUT2D eigenvalue weighted by atomic mass is 10.0. The molecule has 14 heteroatoms. The summed E-state index contributed by atoms with van der Waals surface area (Å²) in [5.74, 6) is -3.85. The third kappa shape index (κ3) is 7.23. The molecule has 3 N–H and O–H groups in total. The molecule has 0 aliphatic carbocycles. The molecule has 4 rings (SSSR count). The molecule has 1 aliphatic heterocycles. The van der Waals surface area contributed by atoms with Crippen LogP contribution in [0.5, 0.6) is 0 Å². The second kappa shape index (κ2) is 12.6. The Labute approximate surface area is 223 Å². The number of sulfonamides is 1. The van der Waals surface area contributed by atoms with Crippen molar-refractivity contribution in [3.05, 3.63) is 78.1 Å². The molecule has 3 aromatic rings. The molecule has 39 heavy (non-hydrogen) atoms. The van der Waals surface area contributed by atoms with Crippen molar-refractivity contribution in [1.29, 1.82) is 0 Å². The number of carbonyl (C=O) groups is 2. The van der Waals surface area contributed by atoms with E-state index in [1.54, 1.807) is 34.3 Å². The fourth-order valence-corrected chi connectivity index (χ4v) is 4.77. The van der Waals surface area contributed by atoms with E-state index >= 15 is 0 Å². The van der Waals surface area contributed by atoms with Crippen molar-refractivity contribution < 1.29 is 31.6 Å². The molecule has 0 atom stereocenters. The molecule has 206 valence electrons. The molecule has 0 radical (unpaired) electrons. The number of benzene rings is 2. The van der Waals surface area contributed by atoms with Crippen LogP contribution in [0.4, 0.5) is 20.4 Å². The average Bonchev–Trinajstić information content (AvgIpc) is 2.95. The fraction of sp³-hybridized carbons (Fsp3) is 0.280. The third-order valence-electron chi connectivity index (χ3n) is 5.97. The van der Waals surface area contributed by atoms with E-state index in [4.69, 9.17) is 0 Å². The van der Waals surface area contributed by atoms with Gasteiger partial charge in [0, 0.05) is 38.1 Å². The highest BCUT2D eigenvalue weighted by atomic mass is 32.2. The Morgan fingerprint density at radius 2 is 1.67 bits per heavy atom. The molecule has 1 aliphatic rings. The first-order valence-corrected chi connectivity index (χ1v) is 13.5. The maximum Gasteiger partial charge on any atom is 0.327 e. The fourth-order valence-electron chi connectivity index (χ4n) is 3.95. The number of nitrogens with zero attached hydrogens (tertiary/aromatic N) is 3. The summed E-state index contributed by atoms with van der Waals surface area (Å²) in [6.45, 7) is 0.629. The highest BCUT2D eigenvalue weighted by Gasteiger charge is 2.26. The third-order valence-corrected chi connectivity index (χ3v) is 7.17. The van der Waals surface area contributed by atoms with E-state index in [0.717, 1.165) is 0 Å². The van der Waals surface area contributed by atoms with Gasteiger partial charge in [0.1, 0.15) is 0 Å². The second-order valence-corrected chi connectivity index (χ2v) is 10.3. The van der Waals surface area contributed by atoms with Crippen molar-refractivity contribution in [3.8, 4) is 0 Å². The van der Waals surface area contributed by atoms with Crippen LogP contribution in [-0.2, 0) is 19.7 Å². The van der Waals surface area contributed by atoms with Crippen molar-refractivity contribution in [2.75, 3.05) is 29.9 Å². The number of nitrogens with one attached hydrogen (secondary N) is 3. The van der Waals surface area contributed by atoms with Gasteiger partial charge in [-0.2, -0.15) is 0 Å². The number of hydrogen-bond donors (Lipinski definition) is 3. The number of amides is 1. The number of piperidine rings is 1. The number of hydrogen-bond acceptors (Lipinski definition) is 9. The normalized spacial score (nSPS) is 14.1. The number of rotatable bonds is 10. The summed E-state index contributed by atoms with van der Waals surface area (Å²) in [5.41, 5.74) is -0.472. The van der Waals surface area contributed by atoms with Crippen LogP contribution in [0, 0.1) is 11.6 Å². The van der Waals surface area contributed by atoms with Gasteiger partial charge in [-0.3, -0.25) is 9.59 Å². The van der Waals surface area contributed by atoms with Crippen LogP contribution < -0.4 is 20.4 Å². The smallest absolute Gasteiger partial charge is 0.327 e. The predicted octanol–water partition coefficient (Wildman–Crippen LogP) is 2.39. The van der Waals surface area contributed by atoms with E-state index < -0.39 is 45.5 Å².